The van der Waals surface area contributed by atoms with Gasteiger partial charge in [-0.05, 0) is 18.1 Å². The van der Waals surface area contributed by atoms with E-state index in [4.69, 9.17) is 4.74 Å². The van der Waals surface area contributed by atoms with Crippen LogP contribution in [0, 0.1) is 6.92 Å². The Balaban J connectivity index is 1.86. The van der Waals surface area contributed by atoms with Gasteiger partial charge < -0.3 is 10.1 Å². The van der Waals surface area contributed by atoms with Crippen LogP contribution in [0.15, 0.2) is 42.7 Å². The number of carbonyl (C=O) groups is 1. The molecule has 112 valence electrons. The van der Waals surface area contributed by atoms with Gasteiger partial charge in [-0.15, -0.1) is 0 Å². The number of nitrogens with zero attached hydrogens (tertiary/aromatic N) is 2. The molecule has 2 aromatic rings. The Labute approximate surface area is 124 Å². The van der Waals surface area contributed by atoms with Crippen LogP contribution in [-0.2, 0) is 16.1 Å². The summed E-state index contributed by atoms with van der Waals surface area (Å²) in [5, 5.41) is 7.52. The van der Waals surface area contributed by atoms with Gasteiger partial charge in [0, 0.05) is 19.3 Å². The lowest BCUT2D eigenvalue weighted by atomic mass is 9.99. The summed E-state index contributed by atoms with van der Waals surface area (Å²) in [7, 11) is 1.42. The van der Waals surface area contributed by atoms with Gasteiger partial charge in [0.05, 0.1) is 25.8 Å². The van der Waals surface area contributed by atoms with E-state index in [1.807, 2.05) is 54.3 Å². The average molecular weight is 287 g/mol. The molecule has 0 spiro atoms. The largest absolute Gasteiger partial charge is 0.469 e. The molecule has 1 heterocycles. The molecule has 0 aliphatic heterocycles. The van der Waals surface area contributed by atoms with E-state index < -0.39 is 0 Å². The highest BCUT2D eigenvalue weighted by molar-refractivity contribution is 5.78. The molecule has 1 aromatic heterocycles. The molecular weight excluding hydrogens is 266 g/mol. The van der Waals surface area contributed by atoms with Crippen molar-refractivity contribution in [1.29, 1.82) is 0 Å². The zero-order valence-electron chi connectivity index (χ0n) is 12.5. The summed E-state index contributed by atoms with van der Waals surface area (Å²) in [5.41, 5.74) is 2.11. The van der Waals surface area contributed by atoms with Crippen LogP contribution in [0.1, 0.15) is 17.0 Å². The van der Waals surface area contributed by atoms with Gasteiger partial charge in [-0.1, -0.05) is 30.3 Å². The van der Waals surface area contributed by atoms with Gasteiger partial charge in [-0.2, -0.15) is 5.10 Å². The minimum Gasteiger partial charge on any atom is -0.469 e. The lowest BCUT2D eigenvalue weighted by molar-refractivity contribution is -0.142. The van der Waals surface area contributed by atoms with Gasteiger partial charge >= 0.3 is 5.97 Å². The highest BCUT2D eigenvalue weighted by Crippen LogP contribution is 2.16. The summed E-state index contributed by atoms with van der Waals surface area (Å²) in [4.78, 5) is 11.9. The SMILES string of the molecule is COC(=O)C(CNCCn1cc(C)cn1)c1ccccc1. The summed E-state index contributed by atoms with van der Waals surface area (Å²) in [6.07, 6.45) is 3.83. The molecule has 1 atom stereocenters. The maximum absolute atomic E-state index is 11.9. The van der Waals surface area contributed by atoms with Crippen molar-refractivity contribution < 1.29 is 9.53 Å². The summed E-state index contributed by atoms with van der Waals surface area (Å²) in [5.74, 6) is -0.501. The number of hydrogen-bond acceptors (Lipinski definition) is 4. The summed E-state index contributed by atoms with van der Waals surface area (Å²) in [6, 6.07) is 9.68. The van der Waals surface area contributed by atoms with Gasteiger partial charge in [0.2, 0.25) is 0 Å². The molecule has 1 unspecified atom stereocenters. The predicted molar refractivity (Wildman–Crippen MR) is 81.0 cm³/mol. The Kier molecular flexibility index (Phi) is 5.51. The third kappa shape index (κ3) is 4.43. The van der Waals surface area contributed by atoms with Crippen molar-refractivity contribution in [2.24, 2.45) is 0 Å². The van der Waals surface area contributed by atoms with Crippen LogP contribution in [0.5, 0.6) is 0 Å². The fourth-order valence-electron chi connectivity index (χ4n) is 2.19. The molecule has 0 saturated carbocycles. The highest BCUT2D eigenvalue weighted by Gasteiger charge is 2.20. The Morgan fingerprint density at radius 3 is 2.76 bits per heavy atom. The molecule has 0 aliphatic rings. The average Bonchev–Trinajstić information content (AvgIpc) is 2.93. The maximum atomic E-state index is 11.9. The lowest BCUT2D eigenvalue weighted by Gasteiger charge is -2.15. The van der Waals surface area contributed by atoms with Gasteiger partial charge in [-0.3, -0.25) is 9.48 Å². The van der Waals surface area contributed by atoms with Gasteiger partial charge in [-0.25, -0.2) is 0 Å². The third-order valence-corrected chi connectivity index (χ3v) is 3.32. The number of rotatable bonds is 7. The number of aromatic nitrogens is 2. The van der Waals surface area contributed by atoms with Crippen LogP contribution in [0.2, 0.25) is 0 Å². The van der Waals surface area contributed by atoms with Crippen LogP contribution in [0.25, 0.3) is 0 Å². The molecule has 5 nitrogen and oxygen atoms in total. The molecule has 2 rings (SSSR count). The Morgan fingerprint density at radius 1 is 1.38 bits per heavy atom. The van der Waals surface area contributed by atoms with E-state index in [0.29, 0.717) is 6.54 Å². The Morgan fingerprint density at radius 2 is 2.14 bits per heavy atom. The van der Waals surface area contributed by atoms with E-state index in [1.54, 1.807) is 0 Å². The maximum Gasteiger partial charge on any atom is 0.314 e. The monoisotopic (exact) mass is 287 g/mol. The smallest absolute Gasteiger partial charge is 0.314 e. The minimum absolute atomic E-state index is 0.219. The number of benzene rings is 1. The number of esters is 1. The van der Waals surface area contributed by atoms with Crippen molar-refractivity contribution in [2.45, 2.75) is 19.4 Å². The quantitative estimate of drug-likeness (QED) is 0.622. The normalized spacial score (nSPS) is 12.1. The molecule has 0 saturated heterocycles. The van der Waals surface area contributed by atoms with E-state index in [2.05, 4.69) is 10.4 Å². The second-order valence-electron chi connectivity index (χ2n) is 4.97. The number of hydrogen-bond donors (Lipinski definition) is 1. The summed E-state index contributed by atoms with van der Waals surface area (Å²) < 4.78 is 6.78. The number of aryl methyl sites for hydroxylation is 1. The third-order valence-electron chi connectivity index (χ3n) is 3.32. The van der Waals surface area contributed by atoms with E-state index in [1.165, 1.54) is 7.11 Å². The molecule has 0 radical (unpaired) electrons. The van der Waals surface area contributed by atoms with Crippen molar-refractivity contribution in [3.8, 4) is 0 Å². The van der Waals surface area contributed by atoms with Gasteiger partial charge in [0.25, 0.3) is 0 Å². The highest BCUT2D eigenvalue weighted by atomic mass is 16.5. The van der Waals surface area contributed by atoms with E-state index in [0.717, 1.165) is 24.2 Å². The fourth-order valence-corrected chi connectivity index (χ4v) is 2.19. The number of ether oxygens (including phenoxy) is 1. The molecule has 0 amide bonds. The minimum atomic E-state index is -0.282. The predicted octanol–water partition coefficient (Wildman–Crippen LogP) is 1.74. The standard InChI is InChI=1S/C16H21N3O2/c1-13-10-18-19(12-13)9-8-17-11-15(16(20)21-2)14-6-4-3-5-7-14/h3-7,10,12,15,17H,8-9,11H2,1-2H3. The molecule has 0 fully saturated rings. The zero-order valence-corrected chi connectivity index (χ0v) is 12.5. The molecule has 21 heavy (non-hydrogen) atoms. The van der Waals surface area contributed by atoms with E-state index in [-0.39, 0.29) is 11.9 Å². The van der Waals surface area contributed by atoms with Gasteiger partial charge in [0.1, 0.15) is 0 Å². The summed E-state index contributed by atoms with van der Waals surface area (Å²) in [6.45, 7) is 4.09. The van der Waals surface area contributed by atoms with Crippen molar-refractivity contribution >= 4 is 5.97 Å². The molecule has 0 bridgehead atoms. The lowest BCUT2D eigenvalue weighted by Crippen LogP contribution is -2.30. The van der Waals surface area contributed by atoms with Crippen molar-refractivity contribution in [2.75, 3.05) is 20.2 Å². The van der Waals surface area contributed by atoms with Crippen LogP contribution in [-0.4, -0.2) is 35.9 Å². The molecule has 0 aliphatic carbocycles. The number of nitrogens with one attached hydrogen (secondary N) is 1. The molecule has 5 heteroatoms. The van der Waals surface area contributed by atoms with E-state index >= 15 is 0 Å². The first-order chi connectivity index (χ1) is 10.2. The first kappa shape index (κ1) is 15.3. The molecule has 1 N–H and O–H groups in total. The molecule has 1 aromatic carbocycles. The van der Waals surface area contributed by atoms with Crippen molar-refractivity contribution in [3.63, 3.8) is 0 Å². The van der Waals surface area contributed by atoms with Crippen molar-refractivity contribution in [1.82, 2.24) is 15.1 Å². The van der Waals surface area contributed by atoms with Gasteiger partial charge in [0.15, 0.2) is 0 Å². The zero-order chi connectivity index (χ0) is 15.1. The number of carbonyl (C=O) groups excluding carboxylic acids is 1. The first-order valence-electron chi connectivity index (χ1n) is 7.03. The fraction of sp³-hybridized carbons (Fsp3) is 0.375. The van der Waals surface area contributed by atoms with Crippen LogP contribution < -0.4 is 5.32 Å². The Hall–Kier alpha value is -2.14. The van der Waals surface area contributed by atoms with Crippen LogP contribution in [0.4, 0.5) is 0 Å². The van der Waals surface area contributed by atoms with Crippen LogP contribution in [0.3, 0.4) is 0 Å². The summed E-state index contributed by atoms with van der Waals surface area (Å²) >= 11 is 0. The Bertz CT molecular complexity index is 566. The topological polar surface area (TPSA) is 56.1 Å². The molecular formula is C16H21N3O2. The first-order valence-corrected chi connectivity index (χ1v) is 7.03. The second kappa shape index (κ2) is 7.59. The van der Waals surface area contributed by atoms with E-state index in [9.17, 15) is 4.79 Å². The second-order valence-corrected chi connectivity index (χ2v) is 4.97. The van der Waals surface area contributed by atoms with Crippen LogP contribution >= 0.6 is 0 Å². The van der Waals surface area contributed by atoms with Crippen molar-refractivity contribution in [3.05, 3.63) is 53.9 Å². The number of methoxy groups -OCH3 is 1.